The number of halogens is 1. The Balaban J connectivity index is 2.77. The SMILES string of the molecule is CC(CS(=O)(=O)NC(CCBr)C(C)(C)C)c1ccccc1. The number of hydrogen-bond donors (Lipinski definition) is 1. The van der Waals surface area contributed by atoms with E-state index in [0.29, 0.717) is 0 Å². The van der Waals surface area contributed by atoms with Gasteiger partial charge >= 0.3 is 0 Å². The molecule has 21 heavy (non-hydrogen) atoms. The van der Waals surface area contributed by atoms with Crippen molar-refractivity contribution in [1.29, 1.82) is 0 Å². The maximum absolute atomic E-state index is 12.4. The van der Waals surface area contributed by atoms with Crippen LogP contribution >= 0.6 is 15.9 Å². The molecule has 2 atom stereocenters. The van der Waals surface area contributed by atoms with Crippen molar-refractivity contribution in [1.82, 2.24) is 4.72 Å². The average molecular weight is 376 g/mol. The lowest BCUT2D eigenvalue weighted by atomic mass is 9.86. The second kappa shape index (κ2) is 7.75. The molecular formula is C16H26BrNO2S. The molecule has 5 heteroatoms. The zero-order valence-corrected chi connectivity index (χ0v) is 15.7. The molecule has 1 N–H and O–H groups in total. The van der Waals surface area contributed by atoms with E-state index in [1.54, 1.807) is 0 Å². The van der Waals surface area contributed by atoms with Gasteiger partial charge < -0.3 is 0 Å². The van der Waals surface area contributed by atoms with Crippen LogP contribution in [0.2, 0.25) is 0 Å². The minimum atomic E-state index is -3.30. The summed E-state index contributed by atoms with van der Waals surface area (Å²) in [5.74, 6) is 0.0968. The third-order valence-corrected chi connectivity index (χ3v) is 5.64. The number of hydrogen-bond acceptors (Lipinski definition) is 2. The number of alkyl halides is 1. The maximum atomic E-state index is 12.4. The molecule has 3 nitrogen and oxygen atoms in total. The Morgan fingerprint density at radius 3 is 2.24 bits per heavy atom. The predicted octanol–water partition coefficient (Wildman–Crippen LogP) is 3.91. The number of benzene rings is 1. The predicted molar refractivity (Wildman–Crippen MR) is 93.4 cm³/mol. The van der Waals surface area contributed by atoms with Crippen molar-refractivity contribution in [2.75, 3.05) is 11.1 Å². The quantitative estimate of drug-likeness (QED) is 0.734. The molecule has 0 aliphatic carbocycles. The second-order valence-electron chi connectivity index (χ2n) is 6.61. The summed E-state index contributed by atoms with van der Waals surface area (Å²) in [7, 11) is -3.30. The molecule has 120 valence electrons. The van der Waals surface area contributed by atoms with Gasteiger partial charge in [-0.25, -0.2) is 13.1 Å². The molecule has 0 saturated carbocycles. The molecule has 0 spiro atoms. The molecule has 1 aromatic rings. The lowest BCUT2D eigenvalue weighted by molar-refractivity contribution is 0.293. The molecular weight excluding hydrogens is 350 g/mol. The highest BCUT2D eigenvalue weighted by Gasteiger charge is 2.29. The molecule has 0 heterocycles. The van der Waals surface area contributed by atoms with Gasteiger partial charge in [0.25, 0.3) is 0 Å². The Labute approximate surface area is 137 Å². The van der Waals surface area contributed by atoms with Crippen molar-refractivity contribution in [2.24, 2.45) is 5.41 Å². The summed E-state index contributed by atoms with van der Waals surface area (Å²) in [4.78, 5) is 0. The molecule has 0 bridgehead atoms. The summed E-state index contributed by atoms with van der Waals surface area (Å²) in [5.41, 5.74) is 0.951. The maximum Gasteiger partial charge on any atom is 0.212 e. The minimum absolute atomic E-state index is 0.0201. The molecule has 1 aromatic carbocycles. The van der Waals surface area contributed by atoms with E-state index in [-0.39, 0.29) is 23.1 Å². The Bertz CT molecular complexity index is 523. The second-order valence-corrected chi connectivity index (χ2v) is 9.20. The van der Waals surface area contributed by atoms with Gasteiger partial charge in [-0.3, -0.25) is 0 Å². The molecule has 0 aliphatic rings. The third kappa shape index (κ3) is 6.49. The first-order chi connectivity index (χ1) is 9.65. The smallest absolute Gasteiger partial charge is 0.212 e. The molecule has 0 aliphatic heterocycles. The highest BCUT2D eigenvalue weighted by Crippen LogP contribution is 2.24. The number of nitrogens with one attached hydrogen (secondary N) is 1. The van der Waals surface area contributed by atoms with Gasteiger partial charge in [-0.05, 0) is 23.3 Å². The molecule has 0 fully saturated rings. The van der Waals surface area contributed by atoms with Gasteiger partial charge in [-0.1, -0.05) is 74.0 Å². The van der Waals surface area contributed by atoms with Crippen LogP contribution in [0.3, 0.4) is 0 Å². The zero-order valence-electron chi connectivity index (χ0n) is 13.3. The van der Waals surface area contributed by atoms with Crippen molar-refractivity contribution < 1.29 is 8.42 Å². The average Bonchev–Trinajstić information content (AvgIpc) is 2.37. The van der Waals surface area contributed by atoms with Crippen molar-refractivity contribution in [3.63, 3.8) is 0 Å². The molecule has 0 saturated heterocycles. The van der Waals surface area contributed by atoms with Crippen molar-refractivity contribution >= 4 is 26.0 Å². The van der Waals surface area contributed by atoms with Gasteiger partial charge in [0.05, 0.1) is 5.75 Å². The molecule has 0 amide bonds. The molecule has 1 rings (SSSR count). The third-order valence-electron chi connectivity index (χ3n) is 3.60. The summed E-state index contributed by atoms with van der Waals surface area (Å²) in [6.07, 6.45) is 0.780. The highest BCUT2D eigenvalue weighted by atomic mass is 79.9. The van der Waals surface area contributed by atoms with E-state index in [2.05, 4.69) is 41.4 Å². The lowest BCUT2D eigenvalue weighted by Crippen LogP contribution is -2.45. The van der Waals surface area contributed by atoms with E-state index < -0.39 is 10.0 Å². The van der Waals surface area contributed by atoms with E-state index >= 15 is 0 Å². The van der Waals surface area contributed by atoms with Crippen LogP contribution in [-0.4, -0.2) is 25.5 Å². The summed E-state index contributed by atoms with van der Waals surface area (Å²) >= 11 is 3.40. The molecule has 2 unspecified atom stereocenters. The van der Waals surface area contributed by atoms with Crippen LogP contribution in [0.25, 0.3) is 0 Å². The first-order valence-electron chi connectivity index (χ1n) is 7.26. The van der Waals surface area contributed by atoms with E-state index in [4.69, 9.17) is 0 Å². The minimum Gasteiger partial charge on any atom is -0.212 e. The highest BCUT2D eigenvalue weighted by molar-refractivity contribution is 9.09. The van der Waals surface area contributed by atoms with Crippen LogP contribution in [0, 0.1) is 5.41 Å². The van der Waals surface area contributed by atoms with Gasteiger partial charge in [0, 0.05) is 11.4 Å². The van der Waals surface area contributed by atoms with Crippen molar-refractivity contribution in [2.45, 2.75) is 46.1 Å². The fourth-order valence-corrected chi connectivity index (χ4v) is 4.56. The van der Waals surface area contributed by atoms with Crippen LogP contribution < -0.4 is 4.72 Å². The lowest BCUT2D eigenvalue weighted by Gasteiger charge is -2.31. The summed E-state index contributed by atoms with van der Waals surface area (Å²) < 4.78 is 27.7. The number of rotatable bonds is 7. The van der Waals surface area contributed by atoms with Gasteiger partial charge in [0.2, 0.25) is 10.0 Å². The number of sulfonamides is 1. The largest absolute Gasteiger partial charge is 0.212 e. The monoisotopic (exact) mass is 375 g/mol. The Morgan fingerprint density at radius 2 is 1.76 bits per heavy atom. The van der Waals surface area contributed by atoms with E-state index in [9.17, 15) is 8.42 Å². The topological polar surface area (TPSA) is 46.2 Å². The Hall–Kier alpha value is -0.390. The van der Waals surface area contributed by atoms with Crippen LogP contribution in [0.15, 0.2) is 30.3 Å². The van der Waals surface area contributed by atoms with E-state index in [1.807, 2.05) is 37.3 Å². The van der Waals surface area contributed by atoms with Crippen molar-refractivity contribution in [3.05, 3.63) is 35.9 Å². The molecule has 0 radical (unpaired) electrons. The fourth-order valence-electron chi connectivity index (χ4n) is 2.25. The Kier molecular flexibility index (Phi) is 6.88. The van der Waals surface area contributed by atoms with Crippen LogP contribution in [0.1, 0.15) is 45.6 Å². The first-order valence-corrected chi connectivity index (χ1v) is 10.0. The van der Waals surface area contributed by atoms with E-state index in [0.717, 1.165) is 17.3 Å². The van der Waals surface area contributed by atoms with Gasteiger partial charge in [-0.2, -0.15) is 0 Å². The first kappa shape index (κ1) is 18.7. The van der Waals surface area contributed by atoms with E-state index in [1.165, 1.54) is 0 Å². The summed E-state index contributed by atoms with van der Waals surface area (Å²) in [5, 5.41) is 0.783. The Morgan fingerprint density at radius 1 is 1.19 bits per heavy atom. The molecule has 0 aromatic heterocycles. The standard InChI is InChI=1S/C16H26BrNO2S/c1-13(14-8-6-5-7-9-14)12-21(19,20)18-15(10-11-17)16(2,3)4/h5-9,13,15,18H,10-12H2,1-4H3. The normalized spacial score (nSPS) is 15.7. The zero-order chi connectivity index (χ0) is 16.1. The van der Waals surface area contributed by atoms with Gasteiger partial charge in [-0.15, -0.1) is 0 Å². The van der Waals surface area contributed by atoms with Gasteiger partial charge in [0.1, 0.15) is 0 Å². The van der Waals surface area contributed by atoms with Crippen LogP contribution in [-0.2, 0) is 10.0 Å². The van der Waals surface area contributed by atoms with Crippen molar-refractivity contribution in [3.8, 4) is 0 Å². The van der Waals surface area contributed by atoms with Gasteiger partial charge in [0.15, 0.2) is 0 Å². The van der Waals surface area contributed by atoms with Crippen LogP contribution in [0.5, 0.6) is 0 Å². The fraction of sp³-hybridized carbons (Fsp3) is 0.625. The summed E-state index contributed by atoms with van der Waals surface area (Å²) in [6, 6.07) is 9.70. The van der Waals surface area contributed by atoms with Crippen LogP contribution in [0.4, 0.5) is 0 Å². The summed E-state index contributed by atoms with van der Waals surface area (Å²) in [6.45, 7) is 8.13.